The summed E-state index contributed by atoms with van der Waals surface area (Å²) in [5, 5.41) is 11.5. The Kier molecular flexibility index (Phi) is 8.91. The van der Waals surface area contributed by atoms with E-state index < -0.39 is 17.7 Å². The van der Waals surface area contributed by atoms with Crippen molar-refractivity contribution >= 4 is 17.4 Å². The fourth-order valence-corrected chi connectivity index (χ4v) is 5.05. The molecule has 2 aliphatic rings. The summed E-state index contributed by atoms with van der Waals surface area (Å²) in [5.74, 6) is 0.143. The predicted molar refractivity (Wildman–Crippen MR) is 143 cm³/mol. The van der Waals surface area contributed by atoms with Crippen molar-refractivity contribution in [2.45, 2.75) is 26.3 Å². The molecular formula is C29H36N2O7. The van der Waals surface area contributed by atoms with Crippen molar-refractivity contribution in [2.24, 2.45) is 0 Å². The zero-order valence-corrected chi connectivity index (χ0v) is 22.5. The summed E-state index contributed by atoms with van der Waals surface area (Å²) in [6.07, 6.45) is 0.680. The summed E-state index contributed by atoms with van der Waals surface area (Å²) < 4.78 is 21.9. The second-order valence-corrected chi connectivity index (χ2v) is 9.32. The Labute approximate surface area is 223 Å². The van der Waals surface area contributed by atoms with Gasteiger partial charge in [0.05, 0.1) is 45.7 Å². The van der Waals surface area contributed by atoms with Gasteiger partial charge in [-0.3, -0.25) is 14.5 Å². The molecule has 0 unspecified atom stereocenters. The minimum absolute atomic E-state index is 0.0563. The van der Waals surface area contributed by atoms with E-state index in [1.165, 1.54) is 0 Å². The first-order valence-electron chi connectivity index (χ1n) is 12.9. The third kappa shape index (κ3) is 5.63. The van der Waals surface area contributed by atoms with Crippen molar-refractivity contribution in [3.63, 3.8) is 0 Å². The van der Waals surface area contributed by atoms with Gasteiger partial charge in [-0.25, -0.2) is 0 Å². The molecule has 204 valence electrons. The van der Waals surface area contributed by atoms with Gasteiger partial charge in [0.1, 0.15) is 11.5 Å². The van der Waals surface area contributed by atoms with Crippen LogP contribution in [0.25, 0.3) is 5.76 Å². The number of amides is 1. The van der Waals surface area contributed by atoms with Crippen molar-refractivity contribution in [3.05, 3.63) is 58.7 Å². The van der Waals surface area contributed by atoms with Crippen molar-refractivity contribution < 1.29 is 33.6 Å². The topological polar surface area (TPSA) is 97.8 Å². The molecule has 38 heavy (non-hydrogen) atoms. The number of methoxy groups -OCH3 is 2. The molecule has 0 saturated carbocycles. The van der Waals surface area contributed by atoms with Crippen LogP contribution in [0.3, 0.4) is 0 Å². The number of aryl methyl sites for hydroxylation is 1. The number of ketones is 1. The first kappa shape index (κ1) is 27.5. The van der Waals surface area contributed by atoms with Crippen LogP contribution in [0.2, 0.25) is 0 Å². The number of carbonyl (C=O) groups excluding carboxylic acids is 2. The molecule has 4 rings (SSSR count). The fraction of sp³-hybridized carbons (Fsp3) is 0.448. The summed E-state index contributed by atoms with van der Waals surface area (Å²) >= 11 is 0. The number of likely N-dealkylation sites (tertiary alicyclic amines) is 1. The number of ether oxygens (including phenoxy) is 4. The summed E-state index contributed by atoms with van der Waals surface area (Å²) in [6, 6.07) is 9.77. The van der Waals surface area contributed by atoms with E-state index in [9.17, 15) is 14.7 Å². The van der Waals surface area contributed by atoms with Gasteiger partial charge in [0.25, 0.3) is 11.7 Å². The Hall–Kier alpha value is -3.56. The average molecular weight is 525 g/mol. The Morgan fingerprint density at radius 1 is 1.03 bits per heavy atom. The highest BCUT2D eigenvalue weighted by Gasteiger charge is 2.46. The van der Waals surface area contributed by atoms with E-state index in [1.54, 1.807) is 49.5 Å². The number of aliphatic hydroxyl groups excluding tert-OH is 1. The number of hydrogen-bond donors (Lipinski definition) is 1. The smallest absolute Gasteiger partial charge is 0.295 e. The molecule has 2 aromatic carbocycles. The fourth-order valence-electron chi connectivity index (χ4n) is 5.05. The maximum absolute atomic E-state index is 13.4. The largest absolute Gasteiger partial charge is 0.507 e. The van der Waals surface area contributed by atoms with Gasteiger partial charge in [0, 0.05) is 31.7 Å². The van der Waals surface area contributed by atoms with Crippen molar-refractivity contribution in [2.75, 3.05) is 60.2 Å². The molecule has 9 nitrogen and oxygen atoms in total. The molecule has 0 aromatic heterocycles. The van der Waals surface area contributed by atoms with E-state index in [1.807, 2.05) is 19.9 Å². The van der Waals surface area contributed by atoms with Gasteiger partial charge in [-0.2, -0.15) is 0 Å². The molecule has 0 aliphatic carbocycles. The molecule has 2 saturated heterocycles. The molecule has 1 N–H and O–H groups in total. The van der Waals surface area contributed by atoms with Gasteiger partial charge in [0.2, 0.25) is 0 Å². The van der Waals surface area contributed by atoms with Crippen LogP contribution in [0.15, 0.2) is 42.0 Å². The standard InChI is InChI=1S/C29H36N2O7/c1-5-38-23-10-7-20(18-24(23)36-4)26-25(27(32)22-9-8-21(35-3)17-19(22)2)28(33)29(34)31(26)12-6-11-30-13-15-37-16-14-30/h7-10,17-18,26,32H,5-6,11-16H2,1-4H3/b27-25+/t26-/m0/s1. The molecule has 1 amide bonds. The molecule has 0 radical (unpaired) electrons. The van der Waals surface area contributed by atoms with Crippen LogP contribution in [0.5, 0.6) is 17.2 Å². The molecule has 0 spiro atoms. The third-order valence-corrected chi connectivity index (χ3v) is 7.01. The van der Waals surface area contributed by atoms with Crippen molar-refractivity contribution in [3.8, 4) is 17.2 Å². The molecule has 2 aromatic rings. The molecule has 1 atom stereocenters. The van der Waals surface area contributed by atoms with Crippen molar-refractivity contribution in [1.29, 1.82) is 0 Å². The zero-order valence-electron chi connectivity index (χ0n) is 22.5. The van der Waals surface area contributed by atoms with Crippen LogP contribution in [0, 0.1) is 6.92 Å². The summed E-state index contributed by atoms with van der Waals surface area (Å²) in [4.78, 5) is 30.6. The Balaban J connectivity index is 1.75. The van der Waals surface area contributed by atoms with Crippen LogP contribution in [-0.4, -0.2) is 86.8 Å². The molecular weight excluding hydrogens is 488 g/mol. The van der Waals surface area contributed by atoms with E-state index in [4.69, 9.17) is 18.9 Å². The van der Waals surface area contributed by atoms with Gasteiger partial charge in [-0.05, 0) is 61.7 Å². The lowest BCUT2D eigenvalue weighted by atomic mass is 9.93. The van der Waals surface area contributed by atoms with E-state index in [-0.39, 0.29) is 11.3 Å². The lowest BCUT2D eigenvalue weighted by Gasteiger charge is -2.29. The number of morpholine rings is 1. The zero-order chi connectivity index (χ0) is 27.2. The Morgan fingerprint density at radius 2 is 1.79 bits per heavy atom. The van der Waals surface area contributed by atoms with Gasteiger partial charge in [-0.1, -0.05) is 6.07 Å². The lowest BCUT2D eigenvalue weighted by Crippen LogP contribution is -2.39. The normalized spacial score (nSPS) is 19.6. The maximum atomic E-state index is 13.4. The molecule has 2 heterocycles. The first-order chi connectivity index (χ1) is 18.4. The second-order valence-electron chi connectivity index (χ2n) is 9.32. The molecule has 9 heteroatoms. The molecule has 2 fully saturated rings. The minimum atomic E-state index is -0.772. The van der Waals surface area contributed by atoms with Crippen LogP contribution < -0.4 is 14.2 Å². The SMILES string of the molecule is CCOc1ccc([C@H]2/C(=C(\O)c3ccc(OC)cc3C)C(=O)C(=O)N2CCCN2CCOCC2)cc1OC. The highest BCUT2D eigenvalue weighted by Crippen LogP contribution is 2.42. The van der Waals surface area contributed by atoms with Gasteiger partial charge < -0.3 is 29.0 Å². The highest BCUT2D eigenvalue weighted by molar-refractivity contribution is 6.46. The van der Waals surface area contributed by atoms with Gasteiger partial charge in [-0.15, -0.1) is 0 Å². The Morgan fingerprint density at radius 3 is 2.45 bits per heavy atom. The molecule has 2 aliphatic heterocycles. The van der Waals surface area contributed by atoms with Crippen molar-refractivity contribution in [1.82, 2.24) is 9.80 Å². The number of hydrogen-bond acceptors (Lipinski definition) is 8. The Bertz CT molecular complexity index is 1200. The number of rotatable bonds is 10. The summed E-state index contributed by atoms with van der Waals surface area (Å²) in [6.45, 7) is 8.38. The third-order valence-electron chi connectivity index (χ3n) is 7.01. The van der Waals surface area contributed by atoms with Crippen LogP contribution in [0.1, 0.15) is 36.1 Å². The lowest BCUT2D eigenvalue weighted by molar-refractivity contribution is -0.140. The van der Waals surface area contributed by atoms with Crippen LogP contribution >= 0.6 is 0 Å². The average Bonchev–Trinajstić information content (AvgIpc) is 3.18. The second kappa shape index (κ2) is 12.3. The number of benzene rings is 2. The maximum Gasteiger partial charge on any atom is 0.295 e. The number of Topliss-reactive ketones (excluding diaryl/α,β-unsaturated/α-hetero) is 1. The molecule has 0 bridgehead atoms. The van der Waals surface area contributed by atoms with E-state index in [2.05, 4.69) is 4.90 Å². The van der Waals surface area contributed by atoms with E-state index in [0.717, 1.165) is 25.2 Å². The predicted octanol–water partition coefficient (Wildman–Crippen LogP) is 3.55. The van der Waals surface area contributed by atoms with Crippen LogP contribution in [-0.2, 0) is 14.3 Å². The quantitative estimate of drug-likeness (QED) is 0.286. The number of carbonyl (C=O) groups is 2. The van der Waals surface area contributed by atoms with E-state index in [0.29, 0.717) is 61.2 Å². The highest BCUT2D eigenvalue weighted by atomic mass is 16.5. The van der Waals surface area contributed by atoms with Crippen LogP contribution in [0.4, 0.5) is 0 Å². The number of nitrogens with zero attached hydrogens (tertiary/aromatic N) is 2. The van der Waals surface area contributed by atoms with Gasteiger partial charge in [0.15, 0.2) is 11.5 Å². The van der Waals surface area contributed by atoms with Gasteiger partial charge >= 0.3 is 0 Å². The number of aliphatic hydroxyl groups is 1. The first-order valence-corrected chi connectivity index (χ1v) is 12.9. The summed E-state index contributed by atoms with van der Waals surface area (Å²) in [7, 11) is 3.11. The minimum Gasteiger partial charge on any atom is -0.507 e. The monoisotopic (exact) mass is 524 g/mol. The summed E-state index contributed by atoms with van der Waals surface area (Å²) in [5.41, 5.74) is 1.91. The van der Waals surface area contributed by atoms with E-state index >= 15 is 0 Å².